The van der Waals surface area contributed by atoms with Crippen LogP contribution in [0.3, 0.4) is 0 Å². The molecule has 1 atom stereocenters. The highest BCUT2D eigenvalue weighted by atomic mass is 32.2. The molecule has 0 aromatic carbocycles. The Morgan fingerprint density at radius 3 is 2.82 bits per heavy atom. The maximum atomic E-state index is 11.6. The third-order valence-corrected chi connectivity index (χ3v) is 3.28. The summed E-state index contributed by atoms with van der Waals surface area (Å²) in [5.41, 5.74) is 1.20. The van der Waals surface area contributed by atoms with Crippen LogP contribution in [-0.2, 0) is 14.3 Å². The Balaban J connectivity index is 2.78. The largest absolute Gasteiger partial charge is 0.481 e. The van der Waals surface area contributed by atoms with Gasteiger partial charge in [-0.15, -0.1) is 11.8 Å². The van der Waals surface area contributed by atoms with Crippen LogP contribution in [0.15, 0.2) is 22.6 Å². The van der Waals surface area contributed by atoms with Gasteiger partial charge >= 0.3 is 11.9 Å². The summed E-state index contributed by atoms with van der Waals surface area (Å²) in [4.78, 5) is 22.2. The molecule has 17 heavy (non-hydrogen) atoms. The molecule has 1 aliphatic rings. The molecule has 0 aliphatic carbocycles. The second kappa shape index (κ2) is 6.49. The number of rotatable bonds is 5. The summed E-state index contributed by atoms with van der Waals surface area (Å²) in [5.74, 6) is -1.57. The zero-order chi connectivity index (χ0) is 12.8. The van der Waals surface area contributed by atoms with Crippen molar-refractivity contribution in [1.82, 2.24) is 0 Å². The van der Waals surface area contributed by atoms with E-state index in [1.165, 1.54) is 0 Å². The summed E-state index contributed by atoms with van der Waals surface area (Å²) < 4.78 is 4.84. The third kappa shape index (κ3) is 4.65. The predicted molar refractivity (Wildman–Crippen MR) is 66.7 cm³/mol. The van der Waals surface area contributed by atoms with E-state index in [4.69, 9.17) is 9.84 Å². The van der Waals surface area contributed by atoms with Gasteiger partial charge in [0.1, 0.15) is 0 Å². The Kier molecular flexibility index (Phi) is 5.28. The molecule has 1 rings (SSSR count). The van der Waals surface area contributed by atoms with E-state index < -0.39 is 11.9 Å². The van der Waals surface area contributed by atoms with E-state index in [1.54, 1.807) is 24.8 Å². The van der Waals surface area contributed by atoms with Crippen LogP contribution in [0.5, 0.6) is 0 Å². The molecule has 94 valence electrons. The first-order valence-corrected chi connectivity index (χ1v) is 6.41. The second-order valence-electron chi connectivity index (χ2n) is 3.80. The first-order chi connectivity index (χ1) is 8.02. The lowest BCUT2D eigenvalue weighted by Crippen LogP contribution is -2.11. The smallest absolute Gasteiger partial charge is 0.334 e. The van der Waals surface area contributed by atoms with Crippen LogP contribution in [0.1, 0.15) is 26.7 Å². The van der Waals surface area contributed by atoms with Crippen molar-refractivity contribution in [2.24, 2.45) is 0 Å². The van der Waals surface area contributed by atoms with E-state index >= 15 is 0 Å². The fourth-order valence-electron chi connectivity index (χ4n) is 1.52. The number of aliphatic carboxylic acids is 1. The van der Waals surface area contributed by atoms with E-state index in [1.807, 2.05) is 5.41 Å². The van der Waals surface area contributed by atoms with Gasteiger partial charge in [-0.2, -0.15) is 0 Å². The van der Waals surface area contributed by atoms with Crippen LogP contribution in [0.4, 0.5) is 0 Å². The van der Waals surface area contributed by atoms with Gasteiger partial charge < -0.3 is 9.84 Å². The van der Waals surface area contributed by atoms with Crippen LogP contribution in [-0.4, -0.2) is 28.9 Å². The highest BCUT2D eigenvalue weighted by Gasteiger charge is 2.18. The third-order valence-electron chi connectivity index (χ3n) is 2.21. The number of carboxylic acid groups (broad SMARTS) is 1. The van der Waals surface area contributed by atoms with Crippen molar-refractivity contribution in [3.05, 3.63) is 22.6 Å². The van der Waals surface area contributed by atoms with E-state index in [2.05, 4.69) is 6.92 Å². The van der Waals surface area contributed by atoms with Crippen molar-refractivity contribution in [1.29, 1.82) is 0 Å². The number of hydrogen-bond acceptors (Lipinski definition) is 4. The highest BCUT2D eigenvalue weighted by Crippen LogP contribution is 2.31. The Morgan fingerprint density at radius 2 is 2.35 bits per heavy atom. The molecule has 0 aromatic heterocycles. The Hall–Kier alpha value is -1.23. The molecule has 0 saturated carbocycles. The van der Waals surface area contributed by atoms with Crippen molar-refractivity contribution < 1.29 is 19.4 Å². The molecule has 1 unspecified atom stereocenters. The molecule has 0 saturated heterocycles. The van der Waals surface area contributed by atoms with Gasteiger partial charge in [-0.1, -0.05) is 6.92 Å². The molecule has 4 nitrogen and oxygen atoms in total. The quantitative estimate of drug-likeness (QED) is 0.604. The van der Waals surface area contributed by atoms with E-state index in [0.717, 1.165) is 12.0 Å². The maximum absolute atomic E-state index is 11.6. The standard InChI is InChI=1S/C12H16O4S/c1-3-16-12(15)10(6-11(13)14)5-9-4-8(2)17-7-9/h5,7-8H,3-4,6H2,1-2H3,(H,13,14)/b10-5+. The molecule has 0 aromatic rings. The van der Waals surface area contributed by atoms with Gasteiger partial charge in [0.2, 0.25) is 0 Å². The van der Waals surface area contributed by atoms with Crippen LogP contribution >= 0.6 is 11.8 Å². The minimum Gasteiger partial charge on any atom is -0.481 e. The zero-order valence-electron chi connectivity index (χ0n) is 9.93. The first kappa shape index (κ1) is 13.8. The van der Waals surface area contributed by atoms with Gasteiger partial charge in [0, 0.05) is 10.8 Å². The number of carbonyl (C=O) groups is 2. The summed E-state index contributed by atoms with van der Waals surface area (Å²) in [6, 6.07) is 0. The van der Waals surface area contributed by atoms with Crippen LogP contribution in [0.25, 0.3) is 0 Å². The molecular formula is C12H16O4S. The molecule has 1 heterocycles. The van der Waals surface area contributed by atoms with Crippen molar-refractivity contribution in [2.45, 2.75) is 31.9 Å². The number of thioether (sulfide) groups is 1. The maximum Gasteiger partial charge on any atom is 0.334 e. The van der Waals surface area contributed by atoms with Gasteiger partial charge in [0.15, 0.2) is 0 Å². The fourth-order valence-corrected chi connectivity index (χ4v) is 2.38. The Bertz CT molecular complexity index is 371. The molecule has 1 N–H and O–H groups in total. The predicted octanol–water partition coefficient (Wildman–Crippen LogP) is 2.36. The van der Waals surface area contributed by atoms with Crippen LogP contribution in [0.2, 0.25) is 0 Å². The van der Waals surface area contributed by atoms with Crippen molar-refractivity contribution >= 4 is 23.7 Å². The van der Waals surface area contributed by atoms with Gasteiger partial charge in [-0.3, -0.25) is 4.79 Å². The lowest BCUT2D eigenvalue weighted by Gasteiger charge is -2.05. The summed E-state index contributed by atoms with van der Waals surface area (Å²) in [7, 11) is 0. The topological polar surface area (TPSA) is 63.6 Å². The highest BCUT2D eigenvalue weighted by molar-refractivity contribution is 8.03. The average Bonchev–Trinajstić information content (AvgIpc) is 2.63. The fraction of sp³-hybridized carbons (Fsp3) is 0.500. The number of ether oxygens (including phenoxy) is 1. The molecule has 0 spiro atoms. The van der Waals surface area contributed by atoms with E-state index in [0.29, 0.717) is 5.25 Å². The average molecular weight is 256 g/mol. The summed E-state index contributed by atoms with van der Waals surface area (Å²) >= 11 is 1.69. The zero-order valence-corrected chi connectivity index (χ0v) is 10.8. The van der Waals surface area contributed by atoms with Gasteiger partial charge in [-0.05, 0) is 30.4 Å². The number of allylic oxidation sites excluding steroid dienone is 2. The lowest BCUT2D eigenvalue weighted by molar-refractivity contribution is -0.142. The summed E-state index contributed by atoms with van der Waals surface area (Å²) in [6.07, 6.45) is 2.20. The molecule has 1 aliphatic heterocycles. The molecule has 0 bridgehead atoms. The monoisotopic (exact) mass is 256 g/mol. The van der Waals surface area contributed by atoms with Crippen LogP contribution < -0.4 is 0 Å². The van der Waals surface area contributed by atoms with Gasteiger partial charge in [-0.25, -0.2) is 4.79 Å². The summed E-state index contributed by atoms with van der Waals surface area (Å²) in [6.45, 7) is 4.03. The number of carbonyl (C=O) groups excluding carboxylic acids is 1. The van der Waals surface area contributed by atoms with Crippen molar-refractivity contribution in [3.63, 3.8) is 0 Å². The molecule has 5 heteroatoms. The van der Waals surface area contributed by atoms with Crippen LogP contribution in [0, 0.1) is 0 Å². The van der Waals surface area contributed by atoms with Gasteiger partial charge in [0.25, 0.3) is 0 Å². The SMILES string of the molecule is CCOC(=O)/C(=C/C1=CSC(C)C1)CC(=O)O. The second-order valence-corrected chi connectivity index (χ2v) is 5.12. The molecule has 0 radical (unpaired) electrons. The Morgan fingerprint density at radius 1 is 1.65 bits per heavy atom. The number of carboxylic acids is 1. The first-order valence-electron chi connectivity index (χ1n) is 5.47. The minimum absolute atomic E-state index is 0.209. The minimum atomic E-state index is -1.02. The summed E-state index contributed by atoms with van der Waals surface area (Å²) in [5, 5.41) is 11.2. The molecular weight excluding hydrogens is 240 g/mol. The van der Waals surface area contributed by atoms with E-state index in [-0.39, 0.29) is 18.6 Å². The van der Waals surface area contributed by atoms with Crippen molar-refractivity contribution in [2.75, 3.05) is 6.61 Å². The lowest BCUT2D eigenvalue weighted by atomic mass is 10.1. The Labute approximate surface area is 105 Å². The molecule has 0 fully saturated rings. The van der Waals surface area contributed by atoms with Crippen molar-refractivity contribution in [3.8, 4) is 0 Å². The number of hydrogen-bond donors (Lipinski definition) is 1. The van der Waals surface area contributed by atoms with Gasteiger partial charge in [0.05, 0.1) is 13.0 Å². The van der Waals surface area contributed by atoms with E-state index in [9.17, 15) is 9.59 Å². The normalized spacial score (nSPS) is 20.0. The molecule has 0 amide bonds. The number of esters is 1.